The first kappa shape index (κ1) is 13.4. The van der Waals surface area contributed by atoms with E-state index in [4.69, 9.17) is 5.73 Å². The summed E-state index contributed by atoms with van der Waals surface area (Å²) < 4.78 is 39.8. The monoisotopic (exact) mass is 282 g/mol. The van der Waals surface area contributed by atoms with Crippen LogP contribution in [0.3, 0.4) is 0 Å². The second-order valence-corrected chi connectivity index (χ2v) is 5.26. The van der Waals surface area contributed by atoms with Crippen LogP contribution in [0.2, 0.25) is 0 Å². The number of rotatable bonds is 4. The number of hydrogen-bond acceptors (Lipinski definition) is 5. The van der Waals surface area contributed by atoms with Crippen molar-refractivity contribution in [3.63, 3.8) is 0 Å². The maximum atomic E-state index is 13.4. The molecule has 100 valence electrons. The Bertz CT molecular complexity index is 691. The molecule has 2 aromatic rings. The highest BCUT2D eigenvalue weighted by Gasteiger charge is 2.19. The maximum absolute atomic E-state index is 13.4. The molecule has 0 radical (unpaired) electrons. The van der Waals surface area contributed by atoms with E-state index in [2.05, 4.69) is 14.7 Å². The van der Waals surface area contributed by atoms with Crippen molar-refractivity contribution in [2.45, 2.75) is 11.4 Å². The van der Waals surface area contributed by atoms with E-state index in [9.17, 15) is 12.8 Å². The van der Waals surface area contributed by atoms with Crippen LogP contribution in [0.25, 0.3) is 0 Å². The Labute approximate surface area is 109 Å². The van der Waals surface area contributed by atoms with Crippen molar-refractivity contribution in [3.05, 3.63) is 48.3 Å². The Morgan fingerprint density at radius 2 is 2.11 bits per heavy atom. The van der Waals surface area contributed by atoms with Gasteiger partial charge in [0.05, 0.1) is 17.6 Å². The third-order valence-electron chi connectivity index (χ3n) is 2.35. The van der Waals surface area contributed by atoms with Crippen molar-refractivity contribution >= 4 is 15.7 Å². The molecule has 2 heterocycles. The Hall–Kier alpha value is -2.06. The van der Waals surface area contributed by atoms with Crippen LogP contribution in [0.4, 0.5) is 10.1 Å². The second kappa shape index (κ2) is 5.29. The standard InChI is InChI=1S/C11H11FN4O2S/c12-8-7-14-5-3-9(8)16-19(17,18)11-2-1-4-15-10(11)6-13/h1-5,7H,6,13H2,(H,14,16). The molecule has 0 atom stereocenters. The summed E-state index contributed by atoms with van der Waals surface area (Å²) in [6.07, 6.45) is 3.65. The van der Waals surface area contributed by atoms with Gasteiger partial charge in [-0.05, 0) is 18.2 Å². The molecular formula is C11H11FN4O2S. The quantitative estimate of drug-likeness (QED) is 0.867. The number of sulfonamides is 1. The zero-order chi connectivity index (χ0) is 13.9. The van der Waals surface area contributed by atoms with Crippen molar-refractivity contribution in [1.29, 1.82) is 0 Å². The Balaban J connectivity index is 2.41. The molecular weight excluding hydrogens is 271 g/mol. The average Bonchev–Trinajstić information content (AvgIpc) is 2.41. The molecule has 0 saturated heterocycles. The number of pyridine rings is 2. The van der Waals surface area contributed by atoms with Gasteiger partial charge in [-0.15, -0.1) is 0 Å². The number of aromatic nitrogens is 2. The largest absolute Gasteiger partial charge is 0.325 e. The van der Waals surface area contributed by atoms with Gasteiger partial charge in [0.25, 0.3) is 10.0 Å². The summed E-state index contributed by atoms with van der Waals surface area (Å²) in [4.78, 5) is 7.34. The van der Waals surface area contributed by atoms with E-state index in [0.29, 0.717) is 0 Å². The number of halogens is 1. The summed E-state index contributed by atoms with van der Waals surface area (Å²) in [5.41, 5.74) is 5.47. The van der Waals surface area contributed by atoms with Gasteiger partial charge < -0.3 is 5.73 Å². The predicted octanol–water partition coefficient (Wildman–Crippen LogP) is 0.875. The van der Waals surface area contributed by atoms with Crippen LogP contribution in [-0.4, -0.2) is 18.4 Å². The lowest BCUT2D eigenvalue weighted by Gasteiger charge is -2.10. The van der Waals surface area contributed by atoms with Gasteiger partial charge in [-0.25, -0.2) is 12.8 Å². The van der Waals surface area contributed by atoms with Gasteiger partial charge in [0, 0.05) is 18.9 Å². The third-order valence-corrected chi connectivity index (χ3v) is 3.79. The fourth-order valence-corrected chi connectivity index (χ4v) is 2.75. The van der Waals surface area contributed by atoms with Crippen LogP contribution in [0.1, 0.15) is 5.69 Å². The van der Waals surface area contributed by atoms with Gasteiger partial charge in [0.2, 0.25) is 0 Å². The summed E-state index contributed by atoms with van der Waals surface area (Å²) in [6.45, 7) is -0.0318. The van der Waals surface area contributed by atoms with Gasteiger partial charge in [-0.3, -0.25) is 14.7 Å². The number of nitrogens with zero attached hydrogens (tertiary/aromatic N) is 2. The molecule has 0 aliphatic heterocycles. The molecule has 0 aromatic carbocycles. The number of anilines is 1. The van der Waals surface area contributed by atoms with Gasteiger partial charge in [-0.1, -0.05) is 0 Å². The van der Waals surface area contributed by atoms with Crippen molar-refractivity contribution in [2.24, 2.45) is 5.73 Å². The molecule has 0 aliphatic rings. The average molecular weight is 282 g/mol. The summed E-state index contributed by atoms with van der Waals surface area (Å²) >= 11 is 0. The molecule has 19 heavy (non-hydrogen) atoms. The van der Waals surface area contributed by atoms with Crippen LogP contribution in [0, 0.1) is 5.82 Å². The summed E-state index contributed by atoms with van der Waals surface area (Å²) in [7, 11) is -3.94. The molecule has 0 amide bonds. The third kappa shape index (κ3) is 2.85. The smallest absolute Gasteiger partial charge is 0.263 e. The number of nitrogens with one attached hydrogen (secondary N) is 1. The van der Waals surface area contributed by atoms with E-state index >= 15 is 0 Å². The predicted molar refractivity (Wildman–Crippen MR) is 67.1 cm³/mol. The number of hydrogen-bond donors (Lipinski definition) is 2. The Morgan fingerprint density at radius 1 is 1.32 bits per heavy atom. The molecule has 0 bridgehead atoms. The van der Waals surface area contributed by atoms with Gasteiger partial charge >= 0.3 is 0 Å². The Kier molecular flexibility index (Phi) is 3.72. The minimum Gasteiger partial charge on any atom is -0.325 e. The van der Waals surface area contributed by atoms with E-state index in [1.807, 2.05) is 0 Å². The van der Waals surface area contributed by atoms with E-state index in [1.54, 1.807) is 0 Å². The van der Waals surface area contributed by atoms with E-state index in [1.165, 1.54) is 30.6 Å². The topological polar surface area (TPSA) is 98.0 Å². The Morgan fingerprint density at radius 3 is 2.79 bits per heavy atom. The molecule has 2 rings (SSSR count). The molecule has 6 nitrogen and oxygen atoms in total. The fourth-order valence-electron chi connectivity index (χ4n) is 1.48. The first-order valence-corrected chi connectivity index (χ1v) is 6.79. The normalized spacial score (nSPS) is 11.3. The minimum atomic E-state index is -3.94. The van der Waals surface area contributed by atoms with Crippen LogP contribution in [0.5, 0.6) is 0 Å². The first-order valence-electron chi connectivity index (χ1n) is 5.31. The highest BCUT2D eigenvalue weighted by atomic mass is 32.2. The van der Waals surface area contributed by atoms with Crippen LogP contribution < -0.4 is 10.5 Å². The lowest BCUT2D eigenvalue weighted by Crippen LogP contribution is -2.17. The lowest BCUT2D eigenvalue weighted by atomic mass is 10.3. The van der Waals surface area contributed by atoms with Crippen molar-refractivity contribution in [2.75, 3.05) is 4.72 Å². The molecule has 3 N–H and O–H groups in total. The SMILES string of the molecule is NCc1ncccc1S(=O)(=O)Nc1ccncc1F. The van der Waals surface area contributed by atoms with Gasteiger partial charge in [0.1, 0.15) is 4.90 Å². The highest BCUT2D eigenvalue weighted by molar-refractivity contribution is 7.92. The minimum absolute atomic E-state index is 0.0318. The van der Waals surface area contributed by atoms with Gasteiger partial charge in [-0.2, -0.15) is 0 Å². The molecule has 0 unspecified atom stereocenters. The molecule has 0 spiro atoms. The van der Waals surface area contributed by atoms with Crippen molar-refractivity contribution < 1.29 is 12.8 Å². The van der Waals surface area contributed by atoms with E-state index in [0.717, 1.165) is 6.20 Å². The molecule has 8 heteroatoms. The highest BCUT2D eigenvalue weighted by Crippen LogP contribution is 2.19. The molecule has 0 fully saturated rings. The summed E-state index contributed by atoms with van der Waals surface area (Å²) in [5.74, 6) is -0.760. The zero-order valence-electron chi connectivity index (χ0n) is 9.75. The second-order valence-electron chi connectivity index (χ2n) is 3.61. The van der Waals surface area contributed by atoms with Gasteiger partial charge in [0.15, 0.2) is 5.82 Å². The molecule has 0 aliphatic carbocycles. The first-order chi connectivity index (χ1) is 9.04. The van der Waals surface area contributed by atoms with Crippen molar-refractivity contribution in [3.8, 4) is 0 Å². The van der Waals surface area contributed by atoms with Crippen molar-refractivity contribution in [1.82, 2.24) is 9.97 Å². The fraction of sp³-hybridized carbons (Fsp3) is 0.0909. The van der Waals surface area contributed by atoms with E-state index in [-0.39, 0.29) is 22.8 Å². The zero-order valence-corrected chi connectivity index (χ0v) is 10.6. The van der Waals surface area contributed by atoms with E-state index < -0.39 is 15.8 Å². The van der Waals surface area contributed by atoms with Crippen LogP contribution >= 0.6 is 0 Å². The molecule has 2 aromatic heterocycles. The number of nitrogens with two attached hydrogens (primary N) is 1. The van der Waals surface area contributed by atoms with Crippen LogP contribution in [0.15, 0.2) is 41.7 Å². The molecule has 0 saturated carbocycles. The van der Waals surface area contributed by atoms with Crippen LogP contribution in [-0.2, 0) is 16.6 Å². The summed E-state index contributed by atoms with van der Waals surface area (Å²) in [6, 6.07) is 4.05. The summed E-state index contributed by atoms with van der Waals surface area (Å²) in [5, 5.41) is 0. The maximum Gasteiger partial charge on any atom is 0.263 e. The lowest BCUT2D eigenvalue weighted by molar-refractivity contribution is 0.596.